The maximum Gasteiger partial charge on any atom is 0.264 e. The molecule has 1 heterocycles. The Morgan fingerprint density at radius 2 is 1.56 bits per heavy atom. The minimum Gasteiger partial charge on any atom is -0.370 e. The summed E-state index contributed by atoms with van der Waals surface area (Å²) in [4.78, 5) is 22.2. The Bertz CT molecular complexity index is 1450. The van der Waals surface area contributed by atoms with Crippen LogP contribution in [0, 0.1) is 0 Å². The smallest absolute Gasteiger partial charge is 0.264 e. The van der Waals surface area contributed by atoms with Gasteiger partial charge in [0, 0.05) is 49.3 Å². The lowest BCUT2D eigenvalue weighted by Crippen LogP contribution is -2.35. The summed E-state index contributed by atoms with van der Waals surface area (Å²) in [7, 11) is -3.89. The fourth-order valence-electron chi connectivity index (χ4n) is 6.03. The van der Waals surface area contributed by atoms with E-state index >= 15 is 0 Å². The first-order valence-corrected chi connectivity index (χ1v) is 16.3. The van der Waals surface area contributed by atoms with Gasteiger partial charge in [0.25, 0.3) is 15.9 Å². The number of amides is 1. The molecule has 3 aromatic carbocycles. The van der Waals surface area contributed by atoms with Crippen LogP contribution in [0.3, 0.4) is 0 Å². The quantitative estimate of drug-likeness (QED) is 0.244. The van der Waals surface area contributed by atoms with E-state index in [1.807, 2.05) is 42.2 Å². The number of carbonyl (C=O) groups is 1. The third-order valence-corrected chi connectivity index (χ3v) is 9.57. The molecule has 0 aromatic heterocycles. The van der Waals surface area contributed by atoms with Gasteiger partial charge in [0.2, 0.25) is 0 Å². The topological polar surface area (TPSA) is 82.1 Å². The van der Waals surface area contributed by atoms with Gasteiger partial charge in [0.15, 0.2) is 0 Å². The van der Waals surface area contributed by atoms with Gasteiger partial charge in [-0.2, -0.15) is 0 Å². The van der Waals surface area contributed by atoms with E-state index in [1.165, 1.54) is 18.5 Å². The summed E-state index contributed by atoms with van der Waals surface area (Å²) in [6, 6.07) is 22.5. The average Bonchev–Trinajstić information content (AvgIpc) is 3.42. The van der Waals surface area contributed by atoms with E-state index in [4.69, 9.17) is 0 Å². The SMILES string of the molecule is CC=Nc1c(C2CCCCCC2)cccc1S(=O)(=O)Nc1ccc(C(=O)N2CCCN(c3ccccc3)CC2)cc1. The molecule has 5 rings (SSSR count). The highest BCUT2D eigenvalue weighted by atomic mass is 32.2. The zero-order chi connectivity index (χ0) is 28.7. The van der Waals surface area contributed by atoms with Crippen LogP contribution in [0.1, 0.15) is 73.7 Å². The molecule has 1 aliphatic carbocycles. The van der Waals surface area contributed by atoms with Crippen molar-refractivity contribution in [3.05, 3.63) is 83.9 Å². The van der Waals surface area contributed by atoms with Crippen molar-refractivity contribution >= 4 is 39.2 Å². The molecule has 1 N–H and O–H groups in total. The van der Waals surface area contributed by atoms with Crippen molar-refractivity contribution in [3.63, 3.8) is 0 Å². The summed E-state index contributed by atoms with van der Waals surface area (Å²) in [5.41, 5.74) is 3.68. The molecular formula is C33H40N4O3S. The van der Waals surface area contributed by atoms with Crippen LogP contribution in [-0.4, -0.2) is 51.6 Å². The molecule has 1 saturated carbocycles. The first-order valence-electron chi connectivity index (χ1n) is 14.8. The monoisotopic (exact) mass is 572 g/mol. The van der Waals surface area contributed by atoms with E-state index in [0.29, 0.717) is 35.9 Å². The molecule has 2 fully saturated rings. The third-order valence-electron chi connectivity index (χ3n) is 8.16. The molecule has 41 heavy (non-hydrogen) atoms. The van der Waals surface area contributed by atoms with E-state index in [9.17, 15) is 13.2 Å². The van der Waals surface area contributed by atoms with Crippen molar-refractivity contribution in [2.75, 3.05) is 35.8 Å². The Kier molecular flexibility index (Phi) is 9.39. The molecule has 8 heteroatoms. The predicted molar refractivity (Wildman–Crippen MR) is 167 cm³/mol. The van der Waals surface area contributed by atoms with Gasteiger partial charge < -0.3 is 9.80 Å². The molecule has 3 aromatic rings. The molecule has 0 radical (unpaired) electrons. The number of anilines is 2. The van der Waals surface area contributed by atoms with Crippen LogP contribution in [0.25, 0.3) is 0 Å². The fraction of sp³-hybridized carbons (Fsp3) is 0.394. The van der Waals surface area contributed by atoms with Crippen molar-refractivity contribution < 1.29 is 13.2 Å². The Balaban J connectivity index is 1.29. The number of para-hydroxylation sites is 2. The van der Waals surface area contributed by atoms with Crippen LogP contribution in [0.15, 0.2) is 82.7 Å². The zero-order valence-electron chi connectivity index (χ0n) is 23.8. The highest BCUT2D eigenvalue weighted by Crippen LogP contribution is 2.40. The van der Waals surface area contributed by atoms with Crippen LogP contribution >= 0.6 is 0 Å². The summed E-state index contributed by atoms with van der Waals surface area (Å²) in [5, 5.41) is 0. The van der Waals surface area contributed by atoms with E-state index in [0.717, 1.165) is 50.8 Å². The Morgan fingerprint density at radius 3 is 2.27 bits per heavy atom. The number of nitrogens with zero attached hydrogens (tertiary/aromatic N) is 3. The van der Waals surface area contributed by atoms with Crippen molar-refractivity contribution in [1.82, 2.24) is 4.90 Å². The van der Waals surface area contributed by atoms with Crippen LogP contribution < -0.4 is 9.62 Å². The Morgan fingerprint density at radius 1 is 0.829 bits per heavy atom. The number of hydrogen-bond donors (Lipinski definition) is 1. The van der Waals surface area contributed by atoms with Crippen LogP contribution in [0.5, 0.6) is 0 Å². The Hall–Kier alpha value is -3.65. The molecule has 0 spiro atoms. The molecule has 216 valence electrons. The van der Waals surface area contributed by atoms with Crippen LogP contribution in [0.4, 0.5) is 17.1 Å². The molecule has 2 aliphatic rings. The highest BCUT2D eigenvalue weighted by molar-refractivity contribution is 7.92. The molecule has 0 atom stereocenters. The maximum atomic E-state index is 13.6. The zero-order valence-corrected chi connectivity index (χ0v) is 24.7. The number of rotatable bonds is 7. The Labute approximate surface area is 244 Å². The lowest BCUT2D eigenvalue weighted by Gasteiger charge is -2.23. The maximum absolute atomic E-state index is 13.6. The van der Waals surface area contributed by atoms with Crippen molar-refractivity contribution in [3.8, 4) is 0 Å². The van der Waals surface area contributed by atoms with Gasteiger partial charge in [-0.3, -0.25) is 14.5 Å². The number of nitrogens with one attached hydrogen (secondary N) is 1. The van der Waals surface area contributed by atoms with E-state index in [-0.39, 0.29) is 10.8 Å². The molecule has 0 unspecified atom stereocenters. The van der Waals surface area contributed by atoms with Gasteiger partial charge in [-0.15, -0.1) is 0 Å². The van der Waals surface area contributed by atoms with Gasteiger partial charge in [0.1, 0.15) is 4.90 Å². The van der Waals surface area contributed by atoms with E-state index in [1.54, 1.807) is 36.5 Å². The van der Waals surface area contributed by atoms with Gasteiger partial charge in [-0.05, 0) is 80.1 Å². The molecule has 7 nitrogen and oxygen atoms in total. The standard InChI is InChI=1S/C33H40N4O3S/c1-2-34-32-30(26-12-6-3-4-7-13-26)16-10-17-31(32)41(39,40)35-28-20-18-27(19-21-28)33(38)37-23-11-22-36(24-25-37)29-14-8-5-9-15-29/h2,5,8-10,14-21,26,35H,3-4,6-7,11-13,22-25H2,1H3. The highest BCUT2D eigenvalue weighted by Gasteiger charge is 2.25. The summed E-state index contributed by atoms with van der Waals surface area (Å²) in [5.74, 6) is 0.278. The second kappa shape index (κ2) is 13.3. The second-order valence-electron chi connectivity index (χ2n) is 10.9. The number of aliphatic imine (C=N–C) groups is 1. The normalized spacial score (nSPS) is 17.3. The van der Waals surface area contributed by atoms with E-state index in [2.05, 4.69) is 26.7 Å². The lowest BCUT2D eigenvalue weighted by molar-refractivity contribution is 0.0767. The van der Waals surface area contributed by atoms with Crippen molar-refractivity contribution in [1.29, 1.82) is 0 Å². The van der Waals surface area contributed by atoms with Gasteiger partial charge in [-0.1, -0.05) is 56.0 Å². The summed E-state index contributed by atoms with van der Waals surface area (Å²) in [6.07, 6.45) is 9.43. The van der Waals surface area contributed by atoms with Gasteiger partial charge >= 0.3 is 0 Å². The van der Waals surface area contributed by atoms with Gasteiger partial charge in [0.05, 0.1) is 5.69 Å². The van der Waals surface area contributed by atoms with Crippen LogP contribution in [-0.2, 0) is 10.0 Å². The third kappa shape index (κ3) is 6.99. The number of carbonyl (C=O) groups excluding carboxylic acids is 1. The first kappa shape index (κ1) is 28.9. The molecule has 1 saturated heterocycles. The lowest BCUT2D eigenvalue weighted by atomic mass is 9.90. The number of hydrogen-bond acceptors (Lipinski definition) is 5. The fourth-order valence-corrected chi connectivity index (χ4v) is 7.27. The van der Waals surface area contributed by atoms with E-state index < -0.39 is 10.0 Å². The molecule has 0 bridgehead atoms. The molecular weight excluding hydrogens is 532 g/mol. The first-order chi connectivity index (χ1) is 20.0. The molecule has 1 amide bonds. The van der Waals surface area contributed by atoms with Crippen molar-refractivity contribution in [2.24, 2.45) is 4.99 Å². The number of benzene rings is 3. The second-order valence-corrected chi connectivity index (χ2v) is 12.6. The van der Waals surface area contributed by atoms with Crippen molar-refractivity contribution in [2.45, 2.75) is 62.7 Å². The minimum atomic E-state index is -3.89. The largest absolute Gasteiger partial charge is 0.370 e. The predicted octanol–water partition coefficient (Wildman–Crippen LogP) is 7.00. The number of sulfonamides is 1. The summed E-state index contributed by atoms with van der Waals surface area (Å²) >= 11 is 0. The average molecular weight is 573 g/mol. The summed E-state index contributed by atoms with van der Waals surface area (Å²) < 4.78 is 29.9. The summed E-state index contributed by atoms with van der Waals surface area (Å²) in [6.45, 7) is 4.82. The minimum absolute atomic E-state index is 0.0370. The molecule has 1 aliphatic heterocycles. The van der Waals surface area contributed by atoms with Gasteiger partial charge in [-0.25, -0.2) is 8.42 Å². The van der Waals surface area contributed by atoms with Crippen LogP contribution in [0.2, 0.25) is 0 Å².